The Kier molecular flexibility index (Phi) is 21.5. The molecule has 4 aromatic carbocycles. The number of nitrogens with one attached hydrogen (secondary N) is 3. The van der Waals surface area contributed by atoms with E-state index in [-0.39, 0.29) is 54.3 Å². The minimum atomic E-state index is -1.08. The Morgan fingerprint density at radius 2 is 0.731 bits per heavy atom. The van der Waals surface area contributed by atoms with Crippen LogP contribution in [0.15, 0.2) is 53.0 Å². The lowest BCUT2D eigenvalue weighted by atomic mass is 10.0. The third-order valence-corrected chi connectivity index (χ3v) is 10.7. The molecular weight excluding hydrogens is 932 g/mol. The van der Waals surface area contributed by atoms with Gasteiger partial charge in [0.2, 0.25) is 0 Å². The number of aromatic carboxylic acids is 1. The van der Waals surface area contributed by atoms with Gasteiger partial charge in [-0.3, -0.25) is 34.6 Å². The van der Waals surface area contributed by atoms with Gasteiger partial charge in [-0.25, -0.2) is 4.79 Å². The van der Waals surface area contributed by atoms with E-state index in [0.717, 1.165) is 26.7 Å². The number of rotatable bonds is 12. The van der Waals surface area contributed by atoms with Gasteiger partial charge < -0.3 is 42.1 Å². The Balaban J connectivity index is 0.000000449. The van der Waals surface area contributed by atoms with E-state index in [9.17, 15) is 54.7 Å². The number of nitrogen functional groups attached to an aromatic ring is 1. The van der Waals surface area contributed by atoms with E-state index in [1.807, 2.05) is 39.8 Å². The van der Waals surface area contributed by atoms with Crippen LogP contribution in [0.2, 0.25) is 0 Å². The molecule has 0 radical (unpaired) electrons. The predicted octanol–water partition coefficient (Wildman–Crippen LogP) is 7.58. The summed E-state index contributed by atoms with van der Waals surface area (Å²) in [4.78, 5) is 66.7. The predicted molar refractivity (Wildman–Crippen MR) is 262 cm³/mol. The molecule has 0 heterocycles. The van der Waals surface area contributed by atoms with Crippen molar-refractivity contribution in [2.45, 2.75) is 114 Å². The molecule has 366 valence electrons. The summed E-state index contributed by atoms with van der Waals surface area (Å²) in [7, 11) is 0. The fourth-order valence-corrected chi connectivity index (χ4v) is 6.35. The number of carboxylic acids is 1. The van der Waals surface area contributed by atoms with Crippen LogP contribution >= 0.6 is 15.9 Å². The quantitative estimate of drug-likeness (QED) is 0.0386. The minimum Gasteiger partial charge on any atom is -0.478 e. The molecule has 0 aliphatic carbocycles. The molecule has 0 unspecified atom stereocenters. The molecule has 0 aromatic heterocycles. The van der Waals surface area contributed by atoms with Gasteiger partial charge in [0.25, 0.3) is 29.1 Å². The number of nitrogens with two attached hydrogens (primary N) is 1. The zero-order chi connectivity index (χ0) is 52.1. The Bertz CT molecular complexity index is 2310. The number of aryl methyl sites for hydroxylation is 8. The first-order valence-electron chi connectivity index (χ1n) is 20.9. The van der Waals surface area contributed by atoms with Crippen LogP contribution in [0.3, 0.4) is 0 Å². The number of amides is 3. The van der Waals surface area contributed by atoms with Gasteiger partial charge in [-0.2, -0.15) is 0 Å². The molecular formula is C48H65BrN6O12. The summed E-state index contributed by atoms with van der Waals surface area (Å²) in [6, 6.07) is 12.7. The molecule has 19 heteroatoms. The molecule has 0 atom stereocenters. The molecule has 67 heavy (non-hydrogen) atoms. The van der Waals surface area contributed by atoms with Gasteiger partial charge in [0.15, 0.2) is 0 Å². The van der Waals surface area contributed by atoms with Crippen molar-refractivity contribution in [3.8, 4) is 0 Å². The van der Waals surface area contributed by atoms with Crippen LogP contribution in [0, 0.1) is 75.6 Å². The van der Waals surface area contributed by atoms with Crippen LogP contribution in [0.4, 0.5) is 17.1 Å². The van der Waals surface area contributed by atoms with Gasteiger partial charge in [0, 0.05) is 68.7 Å². The molecule has 18 nitrogen and oxygen atoms in total. The summed E-state index contributed by atoms with van der Waals surface area (Å²) in [6.45, 7) is 24.2. The molecule has 0 aliphatic rings. The van der Waals surface area contributed by atoms with Crippen molar-refractivity contribution in [1.82, 2.24) is 16.0 Å². The van der Waals surface area contributed by atoms with E-state index in [1.165, 1.54) is 38.1 Å². The van der Waals surface area contributed by atoms with Crippen LogP contribution in [0.5, 0.6) is 0 Å². The van der Waals surface area contributed by atoms with E-state index in [4.69, 9.17) is 10.8 Å². The highest BCUT2D eigenvalue weighted by molar-refractivity contribution is 9.10. The Morgan fingerprint density at radius 1 is 0.507 bits per heavy atom. The topological polar surface area (TPSA) is 298 Å². The highest BCUT2D eigenvalue weighted by Crippen LogP contribution is 2.26. The first-order valence-corrected chi connectivity index (χ1v) is 21.6. The van der Waals surface area contributed by atoms with Crippen molar-refractivity contribution in [1.29, 1.82) is 0 Å². The average Bonchev–Trinajstić information content (AvgIpc) is 3.17. The van der Waals surface area contributed by atoms with Gasteiger partial charge in [-0.15, -0.1) is 0 Å². The van der Waals surface area contributed by atoms with Gasteiger partial charge in [-0.05, 0) is 168 Å². The number of hydrogen-bond acceptors (Lipinski definition) is 12. The molecule has 3 amide bonds. The first kappa shape index (κ1) is 58.7. The Labute approximate surface area is 399 Å². The van der Waals surface area contributed by atoms with Gasteiger partial charge in [0.05, 0.1) is 32.2 Å². The lowest BCUT2D eigenvalue weighted by Crippen LogP contribution is -2.38. The molecule has 4 rings (SSSR count). The Hall–Kier alpha value is -6.28. The summed E-state index contributed by atoms with van der Waals surface area (Å²) < 4.78 is 1.02. The number of halogens is 1. The van der Waals surface area contributed by atoms with E-state index in [2.05, 4.69) is 31.9 Å². The van der Waals surface area contributed by atoms with E-state index < -0.39 is 32.6 Å². The number of nitrogens with zero attached hydrogens (tertiary/aromatic N) is 2. The van der Waals surface area contributed by atoms with Gasteiger partial charge in [0.1, 0.15) is 0 Å². The maximum absolute atomic E-state index is 11.9. The van der Waals surface area contributed by atoms with Crippen molar-refractivity contribution < 1.29 is 49.5 Å². The highest BCUT2D eigenvalue weighted by atomic mass is 79.9. The molecule has 9 N–H and O–H groups in total. The molecule has 0 saturated heterocycles. The fraction of sp³-hybridized carbons (Fsp3) is 0.417. The van der Waals surface area contributed by atoms with Crippen LogP contribution in [0.1, 0.15) is 127 Å². The van der Waals surface area contributed by atoms with Crippen molar-refractivity contribution in [3.05, 3.63) is 140 Å². The third kappa shape index (κ3) is 20.0. The van der Waals surface area contributed by atoms with Crippen molar-refractivity contribution in [2.75, 3.05) is 25.4 Å². The third-order valence-electron chi connectivity index (χ3n) is 9.46. The van der Waals surface area contributed by atoms with E-state index in [0.29, 0.717) is 44.6 Å². The number of carboxylic acid groups (broad SMARTS) is 1. The SMILES string of the molecule is Cc1cc(C(=O)NCC(C)(C)O)cc(C)c1Br.Cc1cc(C(=O)NCC(C)(C)O)cc(C)c1N.Cc1cc(C(=O)NCC(C)(C)O)cc(C)c1[N+](=O)[O-].Cc1cc(C(=O)O)cc(C)c1[N+](=O)[O-]. The number of aliphatic hydroxyl groups is 3. The summed E-state index contributed by atoms with van der Waals surface area (Å²) in [5.41, 5.74) is 10.8. The number of nitro benzene ring substituents is 2. The smallest absolute Gasteiger partial charge is 0.335 e. The number of hydrogen-bond donors (Lipinski definition) is 8. The highest BCUT2D eigenvalue weighted by Gasteiger charge is 2.21. The standard InChI is InChI=1S/C13H18BrNO2.C13H18N2O4.C13H20N2O2.C9H9NO4/c1-8-5-10(6-9(2)11(8)14)12(16)15-7-13(3,4)17;1-8-5-10(6-9(2)11(8)15(18)19)12(16)14-7-13(3,4)17;1-8-5-10(6-9(2)11(8)14)12(16)15-7-13(3,4)17;1-5-3-7(9(11)12)4-6(2)8(5)10(13)14/h5-6,17H,7H2,1-4H3,(H,15,16);5-6,17H,7H2,1-4H3,(H,14,16);5-6,17H,7,14H2,1-4H3,(H,15,16);3-4H,1-2H3,(H,11,12). The summed E-state index contributed by atoms with van der Waals surface area (Å²) in [6.07, 6.45) is 0. The molecule has 0 fully saturated rings. The fourth-order valence-electron chi connectivity index (χ4n) is 6.12. The minimum absolute atomic E-state index is 0.0185. The second-order valence-electron chi connectivity index (χ2n) is 18.2. The lowest BCUT2D eigenvalue weighted by molar-refractivity contribution is -0.386. The normalized spacial score (nSPS) is 11.0. The monoisotopic (exact) mass is 996 g/mol. The van der Waals surface area contributed by atoms with Gasteiger partial charge >= 0.3 is 5.97 Å². The summed E-state index contributed by atoms with van der Waals surface area (Å²) in [5.74, 6) is -1.79. The second-order valence-corrected chi connectivity index (χ2v) is 19.0. The zero-order valence-corrected chi connectivity index (χ0v) is 42.2. The van der Waals surface area contributed by atoms with Crippen molar-refractivity contribution in [3.63, 3.8) is 0 Å². The second kappa shape index (κ2) is 24.5. The number of carbonyl (C=O) groups excluding carboxylic acids is 3. The van der Waals surface area contributed by atoms with Crippen LogP contribution in [0.25, 0.3) is 0 Å². The number of carbonyl (C=O) groups is 4. The lowest BCUT2D eigenvalue weighted by Gasteiger charge is -2.18. The maximum atomic E-state index is 11.9. The van der Waals surface area contributed by atoms with Crippen molar-refractivity contribution >= 4 is 56.7 Å². The summed E-state index contributed by atoms with van der Waals surface area (Å²) >= 11 is 3.46. The maximum Gasteiger partial charge on any atom is 0.335 e. The first-order chi connectivity index (χ1) is 30.5. The molecule has 0 bridgehead atoms. The summed E-state index contributed by atoms with van der Waals surface area (Å²) in [5, 5.41) is 66.7. The van der Waals surface area contributed by atoms with E-state index in [1.54, 1.807) is 67.5 Å². The zero-order valence-electron chi connectivity index (χ0n) is 40.6. The van der Waals surface area contributed by atoms with Gasteiger partial charge in [-0.1, -0.05) is 15.9 Å². The number of anilines is 1. The number of benzene rings is 4. The van der Waals surface area contributed by atoms with Crippen LogP contribution in [-0.4, -0.2) is 90.4 Å². The average molecular weight is 998 g/mol. The largest absolute Gasteiger partial charge is 0.478 e. The number of nitro groups is 2. The molecule has 4 aromatic rings. The molecule has 0 saturated carbocycles. The van der Waals surface area contributed by atoms with Crippen molar-refractivity contribution in [2.24, 2.45) is 0 Å². The Morgan fingerprint density at radius 3 is 0.955 bits per heavy atom. The molecule has 0 aliphatic heterocycles. The van der Waals surface area contributed by atoms with Crippen LogP contribution in [-0.2, 0) is 0 Å². The van der Waals surface area contributed by atoms with Crippen LogP contribution < -0.4 is 21.7 Å². The van der Waals surface area contributed by atoms with E-state index >= 15 is 0 Å². The molecule has 0 spiro atoms.